The molecule has 17 heavy (non-hydrogen) atoms. The normalized spacial score (nSPS) is 13.2. The Bertz CT molecular complexity index is 397. The van der Waals surface area contributed by atoms with E-state index in [2.05, 4.69) is 26.0 Å². The standard InChI is InChI=1S/C14H17Cl3/c1-3-5-6-7-10(4-2)13-11(15)8-9-12(16)14(13)17/h5-6,8-10H,3-4,7H2,1-2H3/b6-5-. The second kappa shape index (κ2) is 7.31. The van der Waals surface area contributed by atoms with Gasteiger partial charge in [-0.1, -0.05) is 60.8 Å². The Kier molecular flexibility index (Phi) is 6.40. The summed E-state index contributed by atoms with van der Waals surface area (Å²) < 4.78 is 0. The monoisotopic (exact) mass is 290 g/mol. The maximum atomic E-state index is 6.24. The lowest BCUT2D eigenvalue weighted by atomic mass is 9.93. The lowest BCUT2D eigenvalue weighted by molar-refractivity contribution is 0.674. The number of benzene rings is 1. The van der Waals surface area contributed by atoms with E-state index < -0.39 is 0 Å². The molecule has 0 spiro atoms. The first-order valence-electron chi connectivity index (χ1n) is 5.90. The lowest BCUT2D eigenvalue weighted by Crippen LogP contribution is -1.98. The molecule has 3 heteroatoms. The van der Waals surface area contributed by atoms with Gasteiger partial charge in [0.1, 0.15) is 0 Å². The summed E-state index contributed by atoms with van der Waals surface area (Å²) in [5, 5.41) is 1.87. The third-order valence-electron chi connectivity index (χ3n) is 2.80. The zero-order valence-corrected chi connectivity index (χ0v) is 12.4. The van der Waals surface area contributed by atoms with Crippen LogP contribution in [0.15, 0.2) is 24.3 Å². The molecule has 0 aliphatic rings. The van der Waals surface area contributed by atoms with E-state index in [4.69, 9.17) is 34.8 Å². The maximum Gasteiger partial charge on any atom is 0.0642 e. The molecule has 0 aliphatic carbocycles. The van der Waals surface area contributed by atoms with E-state index >= 15 is 0 Å². The van der Waals surface area contributed by atoms with Crippen molar-refractivity contribution in [2.24, 2.45) is 0 Å². The van der Waals surface area contributed by atoms with Gasteiger partial charge in [-0.05, 0) is 42.9 Å². The molecule has 1 atom stereocenters. The Hall–Kier alpha value is -0.170. The van der Waals surface area contributed by atoms with Crippen molar-refractivity contribution in [1.29, 1.82) is 0 Å². The Labute approximate surface area is 119 Å². The Morgan fingerprint density at radius 3 is 2.29 bits per heavy atom. The van der Waals surface area contributed by atoms with Crippen LogP contribution in [0.5, 0.6) is 0 Å². The van der Waals surface area contributed by atoms with Crippen LogP contribution in [0, 0.1) is 0 Å². The van der Waals surface area contributed by atoms with Crippen LogP contribution < -0.4 is 0 Å². The van der Waals surface area contributed by atoms with Crippen LogP contribution in [0.25, 0.3) is 0 Å². The second-order valence-corrected chi connectivity index (χ2v) is 5.17. The van der Waals surface area contributed by atoms with Gasteiger partial charge in [0.25, 0.3) is 0 Å². The predicted molar refractivity (Wildman–Crippen MR) is 78.6 cm³/mol. The smallest absolute Gasteiger partial charge is 0.0642 e. The van der Waals surface area contributed by atoms with Crippen molar-refractivity contribution >= 4 is 34.8 Å². The molecule has 0 N–H and O–H groups in total. The molecule has 1 rings (SSSR count). The number of hydrogen-bond acceptors (Lipinski definition) is 0. The van der Waals surface area contributed by atoms with Gasteiger partial charge in [0.2, 0.25) is 0 Å². The molecule has 0 aromatic heterocycles. The van der Waals surface area contributed by atoms with Crippen LogP contribution in [-0.2, 0) is 0 Å². The van der Waals surface area contributed by atoms with Gasteiger partial charge in [0, 0.05) is 5.02 Å². The fraction of sp³-hybridized carbons (Fsp3) is 0.429. The molecule has 1 aromatic rings. The molecule has 0 aliphatic heterocycles. The zero-order valence-electron chi connectivity index (χ0n) is 10.1. The topological polar surface area (TPSA) is 0 Å². The number of allylic oxidation sites excluding steroid dienone is 2. The molecule has 1 aromatic carbocycles. The maximum absolute atomic E-state index is 6.24. The summed E-state index contributed by atoms with van der Waals surface area (Å²) in [5.41, 5.74) is 0.976. The van der Waals surface area contributed by atoms with E-state index in [1.807, 2.05) is 6.07 Å². The summed E-state index contributed by atoms with van der Waals surface area (Å²) in [5.74, 6) is 0.330. The van der Waals surface area contributed by atoms with Gasteiger partial charge < -0.3 is 0 Å². The van der Waals surface area contributed by atoms with Crippen molar-refractivity contribution in [2.45, 2.75) is 39.0 Å². The second-order valence-electron chi connectivity index (χ2n) is 3.98. The van der Waals surface area contributed by atoms with Crippen LogP contribution in [0.2, 0.25) is 15.1 Å². The summed E-state index contributed by atoms with van der Waals surface area (Å²) >= 11 is 18.5. The Balaban J connectivity index is 3.02. The fourth-order valence-electron chi connectivity index (χ4n) is 1.83. The summed E-state index contributed by atoms with van der Waals surface area (Å²) in [6.07, 6.45) is 7.34. The van der Waals surface area contributed by atoms with E-state index in [1.54, 1.807) is 6.07 Å². The summed E-state index contributed by atoms with van der Waals surface area (Å²) in [4.78, 5) is 0. The van der Waals surface area contributed by atoms with Gasteiger partial charge in [-0.2, -0.15) is 0 Å². The Morgan fingerprint density at radius 2 is 1.71 bits per heavy atom. The van der Waals surface area contributed by atoms with Crippen molar-refractivity contribution in [3.05, 3.63) is 44.9 Å². The number of rotatable bonds is 5. The summed E-state index contributed by atoms with van der Waals surface area (Å²) in [6, 6.07) is 3.56. The molecule has 0 fully saturated rings. The average molecular weight is 292 g/mol. The molecule has 1 unspecified atom stereocenters. The molecule has 0 amide bonds. The van der Waals surface area contributed by atoms with Crippen molar-refractivity contribution in [3.63, 3.8) is 0 Å². The third kappa shape index (κ3) is 3.91. The van der Waals surface area contributed by atoms with Crippen LogP contribution in [0.1, 0.15) is 44.6 Å². The molecular weight excluding hydrogens is 275 g/mol. The van der Waals surface area contributed by atoms with Crippen LogP contribution in [-0.4, -0.2) is 0 Å². The van der Waals surface area contributed by atoms with Crippen molar-refractivity contribution in [1.82, 2.24) is 0 Å². The van der Waals surface area contributed by atoms with Crippen LogP contribution >= 0.6 is 34.8 Å². The first kappa shape index (κ1) is 14.9. The Morgan fingerprint density at radius 1 is 1.06 bits per heavy atom. The minimum absolute atomic E-state index is 0.330. The highest BCUT2D eigenvalue weighted by atomic mass is 35.5. The van der Waals surface area contributed by atoms with Gasteiger partial charge >= 0.3 is 0 Å². The molecule has 94 valence electrons. The zero-order chi connectivity index (χ0) is 12.8. The van der Waals surface area contributed by atoms with Gasteiger partial charge in [0.15, 0.2) is 0 Å². The minimum Gasteiger partial charge on any atom is -0.0888 e. The van der Waals surface area contributed by atoms with Crippen LogP contribution in [0.3, 0.4) is 0 Å². The van der Waals surface area contributed by atoms with Gasteiger partial charge in [-0.25, -0.2) is 0 Å². The molecule has 0 saturated carbocycles. The van der Waals surface area contributed by atoms with Crippen molar-refractivity contribution in [3.8, 4) is 0 Å². The largest absolute Gasteiger partial charge is 0.0888 e. The molecule has 0 saturated heterocycles. The highest BCUT2D eigenvalue weighted by Crippen LogP contribution is 2.39. The van der Waals surface area contributed by atoms with Crippen molar-refractivity contribution < 1.29 is 0 Å². The van der Waals surface area contributed by atoms with E-state index in [9.17, 15) is 0 Å². The number of halogens is 3. The molecular formula is C14H17Cl3. The third-order valence-corrected chi connectivity index (χ3v) is 3.95. The summed E-state index contributed by atoms with van der Waals surface area (Å²) in [7, 11) is 0. The fourth-order valence-corrected chi connectivity index (χ4v) is 2.68. The minimum atomic E-state index is 0.330. The first-order valence-corrected chi connectivity index (χ1v) is 7.03. The lowest BCUT2D eigenvalue weighted by Gasteiger charge is -2.17. The average Bonchev–Trinajstić information content (AvgIpc) is 2.32. The molecule has 0 nitrogen and oxygen atoms in total. The molecule has 0 radical (unpaired) electrons. The number of hydrogen-bond donors (Lipinski definition) is 0. The van der Waals surface area contributed by atoms with E-state index in [1.165, 1.54) is 0 Å². The van der Waals surface area contributed by atoms with E-state index in [-0.39, 0.29) is 0 Å². The molecule has 0 bridgehead atoms. The molecule has 0 heterocycles. The van der Waals surface area contributed by atoms with Crippen molar-refractivity contribution in [2.75, 3.05) is 0 Å². The predicted octanol–water partition coefficient (Wildman–Crippen LogP) is 6.50. The quantitative estimate of drug-likeness (QED) is 0.429. The van der Waals surface area contributed by atoms with Crippen LogP contribution in [0.4, 0.5) is 0 Å². The summed E-state index contributed by atoms with van der Waals surface area (Å²) in [6.45, 7) is 4.26. The first-order chi connectivity index (χ1) is 8.11. The van der Waals surface area contributed by atoms with E-state index in [0.717, 1.165) is 24.8 Å². The van der Waals surface area contributed by atoms with E-state index in [0.29, 0.717) is 21.0 Å². The highest BCUT2D eigenvalue weighted by molar-refractivity contribution is 6.44. The van der Waals surface area contributed by atoms with Gasteiger partial charge in [-0.15, -0.1) is 0 Å². The SMILES string of the molecule is CC/C=C\CC(CC)c1c(Cl)ccc(Cl)c1Cl. The highest BCUT2D eigenvalue weighted by Gasteiger charge is 2.17. The van der Waals surface area contributed by atoms with Gasteiger partial charge in [-0.3, -0.25) is 0 Å². The van der Waals surface area contributed by atoms with Gasteiger partial charge in [0.05, 0.1) is 10.0 Å².